The monoisotopic (exact) mass is 383 g/mol. The Morgan fingerprint density at radius 1 is 1.37 bits per heavy atom. The Morgan fingerprint density at radius 2 is 2.22 bits per heavy atom. The van der Waals surface area contributed by atoms with Crippen LogP contribution in [0.1, 0.15) is 18.5 Å². The van der Waals surface area contributed by atoms with E-state index < -0.39 is 0 Å². The van der Waals surface area contributed by atoms with Crippen molar-refractivity contribution in [3.63, 3.8) is 0 Å². The minimum absolute atomic E-state index is 0.0136. The van der Waals surface area contributed by atoms with Crippen molar-refractivity contribution in [1.82, 2.24) is 9.88 Å². The average Bonchev–Trinajstić information content (AvgIpc) is 3.44. The number of aromatic nitrogens is 1. The third-order valence-corrected chi connectivity index (χ3v) is 5.53. The van der Waals surface area contributed by atoms with Crippen LogP contribution in [0, 0.1) is 0 Å². The number of nitrogens with one attached hydrogen (secondary N) is 1. The molecule has 0 radical (unpaired) electrons. The number of anilines is 1. The second-order valence-corrected chi connectivity index (χ2v) is 7.42. The van der Waals surface area contributed by atoms with Gasteiger partial charge in [-0.1, -0.05) is 6.07 Å². The quantitative estimate of drug-likeness (QED) is 0.696. The lowest BCUT2D eigenvalue weighted by molar-refractivity contribution is -0.120. The van der Waals surface area contributed by atoms with Gasteiger partial charge in [-0.25, -0.2) is 4.98 Å². The molecule has 2 aromatic heterocycles. The Balaban J connectivity index is 1.40. The lowest BCUT2D eigenvalue weighted by Crippen LogP contribution is -2.39. The first kappa shape index (κ1) is 17.8. The summed E-state index contributed by atoms with van der Waals surface area (Å²) in [5.41, 5.74) is 1.62. The van der Waals surface area contributed by atoms with Gasteiger partial charge in [0.15, 0.2) is 0 Å². The molecule has 0 aliphatic carbocycles. The zero-order chi connectivity index (χ0) is 18.6. The van der Waals surface area contributed by atoms with Gasteiger partial charge >= 0.3 is 0 Å². The molecule has 7 heteroatoms. The summed E-state index contributed by atoms with van der Waals surface area (Å²) in [6.45, 7) is 1.48. The number of methoxy groups -OCH3 is 1. The van der Waals surface area contributed by atoms with Crippen LogP contribution >= 0.6 is 11.3 Å². The summed E-state index contributed by atoms with van der Waals surface area (Å²) in [7, 11) is 1.62. The van der Waals surface area contributed by atoms with Crippen LogP contribution in [0.25, 0.3) is 10.8 Å². The van der Waals surface area contributed by atoms with Crippen LogP contribution in [-0.2, 0) is 11.3 Å². The first-order valence-electron chi connectivity index (χ1n) is 8.90. The minimum atomic E-state index is -0.158. The fourth-order valence-corrected chi connectivity index (χ4v) is 3.97. The van der Waals surface area contributed by atoms with Gasteiger partial charge in [-0.15, -0.1) is 11.3 Å². The number of ether oxygens (including phenoxy) is 1. The lowest BCUT2D eigenvalue weighted by atomic mass is 10.2. The van der Waals surface area contributed by atoms with Crippen LogP contribution in [0.15, 0.2) is 52.5 Å². The number of thiophene rings is 1. The highest BCUT2D eigenvalue weighted by Crippen LogP contribution is 2.26. The average molecular weight is 383 g/mol. The molecule has 1 unspecified atom stereocenters. The molecule has 140 valence electrons. The van der Waals surface area contributed by atoms with E-state index in [1.165, 1.54) is 0 Å². The highest BCUT2D eigenvalue weighted by Gasteiger charge is 2.31. The molecule has 1 N–H and O–H groups in total. The minimum Gasteiger partial charge on any atom is -0.497 e. The van der Waals surface area contributed by atoms with Gasteiger partial charge < -0.3 is 14.5 Å². The highest BCUT2D eigenvalue weighted by atomic mass is 32.1. The SMILES string of the molecule is COc1ccc(NC(=O)C2CCCN2Cc2coc(-c3cccs3)n2)cc1. The Hall–Kier alpha value is -2.64. The molecular formula is C20H21N3O3S. The molecule has 3 heterocycles. The van der Waals surface area contributed by atoms with Gasteiger partial charge in [0.25, 0.3) is 0 Å². The van der Waals surface area contributed by atoms with E-state index in [1.54, 1.807) is 24.7 Å². The molecule has 0 saturated carbocycles. The fraction of sp³-hybridized carbons (Fsp3) is 0.300. The molecule has 0 bridgehead atoms. The van der Waals surface area contributed by atoms with E-state index in [0.717, 1.165) is 41.4 Å². The van der Waals surface area contributed by atoms with Crippen LogP contribution < -0.4 is 10.1 Å². The van der Waals surface area contributed by atoms with Gasteiger partial charge in [0, 0.05) is 12.2 Å². The maximum absolute atomic E-state index is 12.7. The van der Waals surface area contributed by atoms with Crippen LogP contribution in [0.3, 0.4) is 0 Å². The van der Waals surface area contributed by atoms with Gasteiger partial charge in [-0.3, -0.25) is 9.69 Å². The number of hydrogen-bond acceptors (Lipinski definition) is 6. The summed E-state index contributed by atoms with van der Waals surface area (Å²) in [5.74, 6) is 1.42. The van der Waals surface area contributed by atoms with Gasteiger partial charge in [-0.05, 0) is 55.1 Å². The zero-order valence-corrected chi connectivity index (χ0v) is 15.9. The smallest absolute Gasteiger partial charge is 0.241 e. The topological polar surface area (TPSA) is 67.6 Å². The number of likely N-dealkylation sites (tertiary alicyclic amines) is 1. The van der Waals surface area contributed by atoms with Crippen molar-refractivity contribution in [3.8, 4) is 16.5 Å². The highest BCUT2D eigenvalue weighted by molar-refractivity contribution is 7.13. The summed E-state index contributed by atoms with van der Waals surface area (Å²) in [5, 5.41) is 5.00. The molecule has 1 saturated heterocycles. The molecule has 1 amide bonds. The maximum Gasteiger partial charge on any atom is 0.241 e. The van der Waals surface area contributed by atoms with Crippen LogP contribution in [-0.4, -0.2) is 35.5 Å². The number of nitrogens with zero attached hydrogens (tertiary/aromatic N) is 2. The van der Waals surface area contributed by atoms with E-state index in [1.807, 2.05) is 41.8 Å². The summed E-state index contributed by atoms with van der Waals surface area (Å²) in [4.78, 5) is 20.5. The van der Waals surface area contributed by atoms with Crippen molar-refractivity contribution in [2.75, 3.05) is 19.0 Å². The van der Waals surface area contributed by atoms with E-state index in [9.17, 15) is 4.79 Å². The van der Waals surface area contributed by atoms with Gasteiger partial charge in [0.05, 0.1) is 23.7 Å². The second kappa shape index (κ2) is 7.94. The second-order valence-electron chi connectivity index (χ2n) is 6.47. The third kappa shape index (κ3) is 4.04. The number of carbonyl (C=O) groups is 1. The van der Waals surface area contributed by atoms with E-state index >= 15 is 0 Å². The predicted octanol–water partition coefficient (Wildman–Crippen LogP) is 4.01. The van der Waals surface area contributed by atoms with E-state index in [0.29, 0.717) is 12.4 Å². The molecule has 1 fully saturated rings. The summed E-state index contributed by atoms with van der Waals surface area (Å²) < 4.78 is 10.7. The number of carbonyl (C=O) groups excluding carboxylic acids is 1. The maximum atomic E-state index is 12.7. The number of rotatable bonds is 6. The van der Waals surface area contributed by atoms with Crippen molar-refractivity contribution in [2.45, 2.75) is 25.4 Å². The Labute approximate surface area is 161 Å². The van der Waals surface area contributed by atoms with Crippen LogP contribution in [0.5, 0.6) is 5.75 Å². The van der Waals surface area contributed by atoms with E-state index in [4.69, 9.17) is 9.15 Å². The molecule has 3 aromatic rings. The molecule has 1 aromatic carbocycles. The van der Waals surface area contributed by atoms with Crippen molar-refractivity contribution in [3.05, 3.63) is 53.7 Å². The Bertz CT molecular complexity index is 890. The third-order valence-electron chi connectivity index (χ3n) is 4.67. The number of amides is 1. The van der Waals surface area contributed by atoms with Gasteiger partial charge in [0.1, 0.15) is 12.0 Å². The standard InChI is InChI=1S/C20H21N3O3S/c1-25-16-8-6-14(7-9-16)21-19(24)17-4-2-10-23(17)12-15-13-26-20(22-15)18-5-3-11-27-18/h3,5-9,11,13,17H,2,4,10,12H2,1H3,(H,21,24). The normalized spacial score (nSPS) is 17.1. The molecule has 27 heavy (non-hydrogen) atoms. The number of oxazole rings is 1. The Kier molecular flexibility index (Phi) is 5.22. The van der Waals surface area contributed by atoms with Crippen molar-refractivity contribution < 1.29 is 13.9 Å². The molecule has 1 atom stereocenters. The zero-order valence-electron chi connectivity index (χ0n) is 15.1. The molecule has 0 spiro atoms. The van der Waals surface area contributed by atoms with Crippen molar-refractivity contribution >= 4 is 22.9 Å². The molecule has 1 aliphatic rings. The molecule has 1 aliphatic heterocycles. The van der Waals surface area contributed by atoms with Crippen LogP contribution in [0.4, 0.5) is 5.69 Å². The number of benzene rings is 1. The van der Waals surface area contributed by atoms with E-state index in [-0.39, 0.29) is 11.9 Å². The van der Waals surface area contributed by atoms with Gasteiger partial charge in [-0.2, -0.15) is 0 Å². The molecule has 4 rings (SSSR count). The Morgan fingerprint density at radius 3 is 2.96 bits per heavy atom. The predicted molar refractivity (Wildman–Crippen MR) is 105 cm³/mol. The largest absolute Gasteiger partial charge is 0.497 e. The van der Waals surface area contributed by atoms with Crippen molar-refractivity contribution in [2.24, 2.45) is 0 Å². The molecule has 6 nitrogen and oxygen atoms in total. The summed E-state index contributed by atoms with van der Waals surface area (Å²) in [6.07, 6.45) is 3.53. The summed E-state index contributed by atoms with van der Waals surface area (Å²) in [6, 6.07) is 11.2. The lowest BCUT2D eigenvalue weighted by Gasteiger charge is -2.22. The van der Waals surface area contributed by atoms with Gasteiger partial charge in [0.2, 0.25) is 11.8 Å². The first-order valence-corrected chi connectivity index (χ1v) is 9.78. The first-order chi connectivity index (χ1) is 13.2. The molecular weight excluding hydrogens is 362 g/mol. The van der Waals surface area contributed by atoms with Crippen LogP contribution in [0.2, 0.25) is 0 Å². The number of hydrogen-bond donors (Lipinski definition) is 1. The fourth-order valence-electron chi connectivity index (χ4n) is 3.31. The van der Waals surface area contributed by atoms with E-state index in [2.05, 4.69) is 15.2 Å². The van der Waals surface area contributed by atoms with Crippen molar-refractivity contribution in [1.29, 1.82) is 0 Å². The summed E-state index contributed by atoms with van der Waals surface area (Å²) >= 11 is 1.60.